The SMILES string of the molecule is CCS(=O)CCNC(=O)NCCc1nc(C(=O)O)cs1. The molecule has 3 N–H and O–H groups in total. The summed E-state index contributed by atoms with van der Waals surface area (Å²) < 4.78 is 11.1. The molecule has 1 unspecified atom stereocenters. The molecule has 0 saturated carbocycles. The number of rotatable bonds is 8. The monoisotopic (exact) mass is 319 g/mol. The van der Waals surface area contributed by atoms with Gasteiger partial charge in [0.2, 0.25) is 0 Å². The van der Waals surface area contributed by atoms with E-state index < -0.39 is 16.8 Å². The Morgan fingerprint density at radius 1 is 1.40 bits per heavy atom. The maximum absolute atomic E-state index is 11.4. The molecule has 112 valence electrons. The molecule has 9 heteroatoms. The van der Waals surface area contributed by atoms with Gasteiger partial charge < -0.3 is 15.7 Å². The summed E-state index contributed by atoms with van der Waals surface area (Å²) in [4.78, 5) is 25.9. The zero-order valence-corrected chi connectivity index (χ0v) is 12.7. The lowest BCUT2D eigenvalue weighted by atomic mass is 10.4. The molecule has 0 spiro atoms. The molecule has 1 rings (SSSR count). The van der Waals surface area contributed by atoms with Crippen LogP contribution in [0.25, 0.3) is 0 Å². The predicted octanol–water partition coefficient (Wildman–Crippen LogP) is 0.452. The van der Waals surface area contributed by atoms with Gasteiger partial charge in [-0.3, -0.25) is 4.21 Å². The van der Waals surface area contributed by atoms with Gasteiger partial charge in [-0.2, -0.15) is 0 Å². The quantitative estimate of drug-likeness (QED) is 0.645. The van der Waals surface area contributed by atoms with Crippen LogP contribution in [0.3, 0.4) is 0 Å². The molecule has 7 nitrogen and oxygen atoms in total. The van der Waals surface area contributed by atoms with Crippen molar-refractivity contribution in [2.45, 2.75) is 13.3 Å². The molecule has 0 bridgehead atoms. The maximum atomic E-state index is 11.4. The smallest absolute Gasteiger partial charge is 0.355 e. The van der Waals surface area contributed by atoms with Crippen LogP contribution in [-0.2, 0) is 17.2 Å². The standard InChI is InChI=1S/C11H17N3O4S2/c1-2-20(18)6-5-13-11(17)12-4-3-9-14-8(7-19-9)10(15)16/h7H,2-6H2,1H3,(H,15,16)(H2,12,13,17). The van der Waals surface area contributed by atoms with Crippen molar-refractivity contribution in [3.8, 4) is 0 Å². The molecule has 0 aromatic carbocycles. The lowest BCUT2D eigenvalue weighted by molar-refractivity contribution is 0.0691. The first-order valence-corrected chi connectivity index (χ1v) is 8.44. The molecule has 0 fully saturated rings. The van der Waals surface area contributed by atoms with Crippen molar-refractivity contribution in [2.24, 2.45) is 0 Å². The number of carboxylic acid groups (broad SMARTS) is 1. The van der Waals surface area contributed by atoms with Crippen molar-refractivity contribution in [1.82, 2.24) is 15.6 Å². The van der Waals surface area contributed by atoms with E-state index >= 15 is 0 Å². The topological polar surface area (TPSA) is 108 Å². The number of aromatic carboxylic acids is 1. The summed E-state index contributed by atoms with van der Waals surface area (Å²) in [7, 11) is -0.887. The fourth-order valence-corrected chi connectivity index (χ4v) is 2.68. The Kier molecular flexibility index (Phi) is 7.16. The fraction of sp³-hybridized carbons (Fsp3) is 0.545. The summed E-state index contributed by atoms with van der Waals surface area (Å²) >= 11 is 1.25. The zero-order chi connectivity index (χ0) is 15.0. The molecule has 1 atom stereocenters. The second kappa shape index (κ2) is 8.64. The summed E-state index contributed by atoms with van der Waals surface area (Å²) in [6.07, 6.45) is 0.478. The lowest BCUT2D eigenvalue weighted by Crippen LogP contribution is -2.38. The number of carbonyl (C=O) groups excluding carboxylic acids is 1. The largest absolute Gasteiger partial charge is 0.476 e. The van der Waals surface area contributed by atoms with Gasteiger partial charge in [0.1, 0.15) is 0 Å². The van der Waals surface area contributed by atoms with E-state index in [2.05, 4.69) is 15.6 Å². The molecule has 1 aromatic rings. The van der Waals surface area contributed by atoms with Crippen LogP contribution in [0.1, 0.15) is 22.4 Å². The Morgan fingerprint density at radius 3 is 2.70 bits per heavy atom. The molecule has 0 aliphatic heterocycles. The van der Waals surface area contributed by atoms with Gasteiger partial charge in [-0.25, -0.2) is 14.6 Å². The normalized spacial score (nSPS) is 11.8. The van der Waals surface area contributed by atoms with Gasteiger partial charge >= 0.3 is 12.0 Å². The number of carboxylic acids is 1. The molecular formula is C11H17N3O4S2. The molecule has 1 heterocycles. The highest BCUT2D eigenvalue weighted by Crippen LogP contribution is 2.09. The Balaban J connectivity index is 2.18. The number of thiazole rings is 1. The van der Waals surface area contributed by atoms with Gasteiger partial charge in [-0.15, -0.1) is 11.3 Å². The van der Waals surface area contributed by atoms with Crippen molar-refractivity contribution in [2.75, 3.05) is 24.6 Å². The summed E-state index contributed by atoms with van der Waals surface area (Å²) in [5, 5.41) is 16.1. The molecule has 2 amide bonds. The van der Waals surface area contributed by atoms with Crippen molar-refractivity contribution < 1.29 is 18.9 Å². The maximum Gasteiger partial charge on any atom is 0.355 e. The number of nitrogens with zero attached hydrogens (tertiary/aromatic N) is 1. The number of carbonyl (C=O) groups is 2. The molecule has 20 heavy (non-hydrogen) atoms. The highest BCUT2D eigenvalue weighted by atomic mass is 32.2. The Hall–Kier alpha value is -1.48. The predicted molar refractivity (Wildman–Crippen MR) is 77.7 cm³/mol. The van der Waals surface area contributed by atoms with E-state index in [1.54, 1.807) is 0 Å². The summed E-state index contributed by atoms with van der Waals surface area (Å²) in [5.74, 6) is -0.0282. The number of urea groups is 1. The Morgan fingerprint density at radius 2 is 2.10 bits per heavy atom. The fourth-order valence-electron chi connectivity index (χ4n) is 1.29. The van der Waals surface area contributed by atoms with E-state index in [1.807, 2.05) is 6.92 Å². The Bertz CT molecular complexity index is 490. The molecule has 1 aromatic heterocycles. The van der Waals surface area contributed by atoms with Gasteiger partial charge in [-0.05, 0) is 0 Å². The first kappa shape index (κ1) is 16.6. The van der Waals surface area contributed by atoms with Crippen molar-refractivity contribution >= 4 is 34.1 Å². The molecule has 0 radical (unpaired) electrons. The minimum atomic E-state index is -1.05. The van der Waals surface area contributed by atoms with Gasteiger partial charge in [0, 0.05) is 47.2 Å². The van der Waals surface area contributed by atoms with E-state index in [0.717, 1.165) is 0 Å². The molecule has 0 saturated heterocycles. The second-order valence-electron chi connectivity index (χ2n) is 3.80. The average Bonchev–Trinajstić information content (AvgIpc) is 2.87. The van der Waals surface area contributed by atoms with Crippen LogP contribution in [0.2, 0.25) is 0 Å². The van der Waals surface area contributed by atoms with Crippen LogP contribution < -0.4 is 10.6 Å². The van der Waals surface area contributed by atoms with Crippen LogP contribution in [-0.4, -0.2) is 50.9 Å². The van der Waals surface area contributed by atoms with E-state index in [0.29, 0.717) is 36.0 Å². The van der Waals surface area contributed by atoms with Crippen molar-refractivity contribution in [1.29, 1.82) is 0 Å². The van der Waals surface area contributed by atoms with Crippen LogP contribution in [0, 0.1) is 0 Å². The van der Waals surface area contributed by atoms with Gasteiger partial charge in [-0.1, -0.05) is 6.92 Å². The van der Waals surface area contributed by atoms with Crippen LogP contribution in [0.4, 0.5) is 4.79 Å². The third-order valence-corrected chi connectivity index (χ3v) is 4.54. The average molecular weight is 319 g/mol. The number of hydrogen-bond acceptors (Lipinski definition) is 5. The van der Waals surface area contributed by atoms with E-state index in [-0.39, 0.29) is 11.7 Å². The first-order chi connectivity index (χ1) is 9.52. The molecule has 0 aliphatic carbocycles. The van der Waals surface area contributed by atoms with Crippen LogP contribution in [0.15, 0.2) is 5.38 Å². The summed E-state index contributed by atoms with van der Waals surface area (Å²) in [6, 6.07) is -0.326. The minimum Gasteiger partial charge on any atom is -0.476 e. The first-order valence-electron chi connectivity index (χ1n) is 6.07. The third kappa shape index (κ3) is 6.11. The minimum absolute atomic E-state index is 0.0245. The van der Waals surface area contributed by atoms with E-state index in [1.165, 1.54) is 16.7 Å². The second-order valence-corrected chi connectivity index (χ2v) is 6.60. The summed E-state index contributed by atoms with van der Waals surface area (Å²) in [5.41, 5.74) is 0.0245. The third-order valence-electron chi connectivity index (χ3n) is 2.33. The lowest BCUT2D eigenvalue weighted by Gasteiger charge is -2.06. The van der Waals surface area contributed by atoms with Gasteiger partial charge in [0.25, 0.3) is 0 Å². The van der Waals surface area contributed by atoms with Gasteiger partial charge in [0.15, 0.2) is 5.69 Å². The number of amides is 2. The highest BCUT2D eigenvalue weighted by molar-refractivity contribution is 7.84. The number of nitrogens with one attached hydrogen (secondary N) is 2. The van der Waals surface area contributed by atoms with Crippen LogP contribution in [0.5, 0.6) is 0 Å². The van der Waals surface area contributed by atoms with Crippen LogP contribution >= 0.6 is 11.3 Å². The molecular weight excluding hydrogens is 302 g/mol. The zero-order valence-electron chi connectivity index (χ0n) is 11.0. The number of hydrogen-bond donors (Lipinski definition) is 3. The summed E-state index contributed by atoms with van der Waals surface area (Å²) in [6.45, 7) is 2.57. The number of aromatic nitrogens is 1. The Labute approximate surface area is 123 Å². The van der Waals surface area contributed by atoms with Crippen molar-refractivity contribution in [3.05, 3.63) is 16.1 Å². The van der Waals surface area contributed by atoms with E-state index in [9.17, 15) is 13.8 Å². The van der Waals surface area contributed by atoms with Gasteiger partial charge in [0.05, 0.1) is 5.01 Å². The van der Waals surface area contributed by atoms with Crippen molar-refractivity contribution in [3.63, 3.8) is 0 Å². The molecule has 0 aliphatic rings. The van der Waals surface area contributed by atoms with E-state index in [4.69, 9.17) is 5.11 Å². The highest BCUT2D eigenvalue weighted by Gasteiger charge is 2.08.